The summed E-state index contributed by atoms with van der Waals surface area (Å²) in [6.45, 7) is 11.9. The topological polar surface area (TPSA) is 52.3 Å². The normalized spacial score (nSPS) is 10.8. The highest BCUT2D eigenvalue weighted by Gasteiger charge is 2.08. The van der Waals surface area contributed by atoms with Crippen LogP contribution in [0.1, 0.15) is 118 Å². The Kier molecular flexibility index (Phi) is 21.6. The fourth-order valence-corrected chi connectivity index (χ4v) is 2.80. The Labute approximate surface area is 164 Å². The van der Waals surface area contributed by atoms with Crippen molar-refractivity contribution in [2.75, 3.05) is 6.61 Å². The van der Waals surface area contributed by atoms with Crippen molar-refractivity contribution < 1.29 is 9.53 Å². The van der Waals surface area contributed by atoms with Crippen molar-refractivity contribution in [3.05, 3.63) is 12.7 Å². The summed E-state index contributed by atoms with van der Waals surface area (Å²) in [6, 6.07) is 0. The first-order valence-electron chi connectivity index (χ1n) is 11.0. The van der Waals surface area contributed by atoms with Crippen LogP contribution < -0.4 is 5.73 Å². The molecule has 0 saturated heterocycles. The number of hydrogen-bond donors (Lipinski definition) is 1. The number of carbonyl (C=O) groups is 1. The SMILES string of the molecule is C=CC(=O)OCC.CCCCCCCCCCCCCCCC(C)(C)N. The predicted octanol–water partition coefficient (Wildman–Crippen LogP) is 6.94. The largest absolute Gasteiger partial charge is 0.463 e. The number of carbonyl (C=O) groups excluding carboxylic acids is 1. The van der Waals surface area contributed by atoms with E-state index in [9.17, 15) is 4.79 Å². The Bertz CT molecular complexity index is 308. The quantitative estimate of drug-likeness (QED) is 0.182. The first-order chi connectivity index (χ1) is 12.4. The number of rotatable bonds is 16. The summed E-state index contributed by atoms with van der Waals surface area (Å²) in [5.74, 6) is -0.359. The van der Waals surface area contributed by atoms with Gasteiger partial charge in [0.05, 0.1) is 6.61 Å². The zero-order valence-electron chi connectivity index (χ0n) is 18.3. The zero-order valence-corrected chi connectivity index (χ0v) is 18.3. The molecule has 0 rings (SSSR count). The lowest BCUT2D eigenvalue weighted by molar-refractivity contribution is -0.137. The molecule has 0 aliphatic heterocycles. The van der Waals surface area contributed by atoms with E-state index in [-0.39, 0.29) is 11.5 Å². The Balaban J connectivity index is 0. The van der Waals surface area contributed by atoms with Gasteiger partial charge < -0.3 is 10.5 Å². The van der Waals surface area contributed by atoms with E-state index < -0.39 is 0 Å². The molecule has 26 heavy (non-hydrogen) atoms. The van der Waals surface area contributed by atoms with Crippen molar-refractivity contribution in [3.63, 3.8) is 0 Å². The van der Waals surface area contributed by atoms with Crippen LogP contribution in [0, 0.1) is 0 Å². The maximum absolute atomic E-state index is 10.1. The molecule has 2 N–H and O–H groups in total. The van der Waals surface area contributed by atoms with Crippen LogP contribution in [0.4, 0.5) is 0 Å². The molecule has 0 fully saturated rings. The molecule has 3 nitrogen and oxygen atoms in total. The molecule has 0 unspecified atom stereocenters. The van der Waals surface area contributed by atoms with Crippen LogP contribution in [-0.4, -0.2) is 18.1 Å². The van der Waals surface area contributed by atoms with Gasteiger partial charge in [-0.25, -0.2) is 4.79 Å². The van der Waals surface area contributed by atoms with E-state index in [0.717, 1.165) is 6.08 Å². The molecule has 0 aromatic rings. The van der Waals surface area contributed by atoms with Gasteiger partial charge in [0.15, 0.2) is 0 Å². The number of esters is 1. The van der Waals surface area contributed by atoms with Crippen LogP contribution in [-0.2, 0) is 9.53 Å². The summed E-state index contributed by atoms with van der Waals surface area (Å²) in [7, 11) is 0. The van der Waals surface area contributed by atoms with E-state index in [0.29, 0.717) is 6.61 Å². The first kappa shape index (κ1) is 27.4. The van der Waals surface area contributed by atoms with E-state index in [1.807, 2.05) is 0 Å². The molecule has 0 radical (unpaired) electrons. The van der Waals surface area contributed by atoms with Crippen LogP contribution in [0.3, 0.4) is 0 Å². The fraction of sp³-hybridized carbons (Fsp3) is 0.870. The molecule has 0 aliphatic carbocycles. The van der Waals surface area contributed by atoms with E-state index >= 15 is 0 Å². The van der Waals surface area contributed by atoms with E-state index in [1.54, 1.807) is 6.92 Å². The minimum atomic E-state index is -0.359. The Hall–Kier alpha value is -0.830. The Morgan fingerprint density at radius 2 is 1.23 bits per heavy atom. The maximum Gasteiger partial charge on any atom is 0.330 e. The van der Waals surface area contributed by atoms with E-state index in [4.69, 9.17) is 5.73 Å². The van der Waals surface area contributed by atoms with E-state index in [2.05, 4.69) is 32.1 Å². The van der Waals surface area contributed by atoms with Crippen LogP contribution in [0.5, 0.6) is 0 Å². The molecule has 0 aromatic carbocycles. The van der Waals surface area contributed by atoms with E-state index in [1.165, 1.54) is 89.9 Å². The van der Waals surface area contributed by atoms with Gasteiger partial charge in [-0.05, 0) is 27.2 Å². The number of hydrogen-bond acceptors (Lipinski definition) is 3. The maximum atomic E-state index is 10.1. The number of nitrogens with two attached hydrogens (primary N) is 1. The molecule has 0 heterocycles. The zero-order chi connectivity index (χ0) is 20.1. The van der Waals surface area contributed by atoms with Gasteiger partial charge in [-0.2, -0.15) is 0 Å². The van der Waals surface area contributed by atoms with Crippen LogP contribution in [0.15, 0.2) is 12.7 Å². The standard InChI is InChI=1S/C18H39N.C5H8O2/c1-4-5-6-7-8-9-10-11-12-13-14-15-16-17-18(2,3)19;1-3-5(6)7-4-2/h4-17,19H2,1-3H3;3H,1,4H2,2H3. The summed E-state index contributed by atoms with van der Waals surface area (Å²) in [5, 5.41) is 0. The van der Waals surface area contributed by atoms with Gasteiger partial charge in [-0.15, -0.1) is 0 Å². The Morgan fingerprint density at radius 1 is 0.846 bits per heavy atom. The van der Waals surface area contributed by atoms with Crippen LogP contribution >= 0.6 is 0 Å². The molecule has 0 spiro atoms. The van der Waals surface area contributed by atoms with Gasteiger partial charge >= 0.3 is 5.97 Å². The second-order valence-electron chi connectivity index (χ2n) is 7.94. The first-order valence-corrected chi connectivity index (χ1v) is 11.0. The van der Waals surface area contributed by atoms with Crippen LogP contribution in [0.25, 0.3) is 0 Å². The van der Waals surface area contributed by atoms with Gasteiger partial charge in [0.1, 0.15) is 0 Å². The van der Waals surface area contributed by atoms with Gasteiger partial charge in [-0.3, -0.25) is 0 Å². The monoisotopic (exact) mass is 369 g/mol. The summed E-state index contributed by atoms with van der Waals surface area (Å²) < 4.78 is 4.43. The second kappa shape index (κ2) is 20.5. The molecular weight excluding hydrogens is 322 g/mol. The molecule has 156 valence electrons. The second-order valence-corrected chi connectivity index (χ2v) is 7.94. The highest BCUT2D eigenvalue weighted by atomic mass is 16.5. The van der Waals surface area contributed by atoms with Gasteiger partial charge in [-0.1, -0.05) is 97.0 Å². The molecule has 0 atom stereocenters. The molecule has 0 aliphatic rings. The molecule has 0 amide bonds. The van der Waals surface area contributed by atoms with Crippen molar-refractivity contribution in [3.8, 4) is 0 Å². The fourth-order valence-electron chi connectivity index (χ4n) is 2.80. The van der Waals surface area contributed by atoms with Gasteiger partial charge in [0.25, 0.3) is 0 Å². The minimum absolute atomic E-state index is 0.0395. The van der Waals surface area contributed by atoms with Gasteiger partial charge in [0, 0.05) is 11.6 Å². The van der Waals surface area contributed by atoms with Crippen molar-refractivity contribution in [2.45, 2.75) is 123 Å². The third kappa shape index (κ3) is 28.0. The smallest absolute Gasteiger partial charge is 0.330 e. The van der Waals surface area contributed by atoms with Gasteiger partial charge in [0.2, 0.25) is 0 Å². The molecule has 0 bridgehead atoms. The average Bonchev–Trinajstić information content (AvgIpc) is 2.59. The lowest BCUT2D eigenvalue weighted by Gasteiger charge is -2.17. The third-order valence-corrected chi connectivity index (χ3v) is 4.38. The minimum Gasteiger partial charge on any atom is -0.463 e. The van der Waals surface area contributed by atoms with Crippen molar-refractivity contribution in [2.24, 2.45) is 5.73 Å². The number of ether oxygens (including phenoxy) is 1. The summed E-state index contributed by atoms with van der Waals surface area (Å²) in [5.41, 5.74) is 6.01. The number of unbranched alkanes of at least 4 members (excludes halogenated alkanes) is 12. The Morgan fingerprint density at radius 3 is 1.50 bits per heavy atom. The summed E-state index contributed by atoms with van der Waals surface area (Å²) in [4.78, 5) is 10.1. The highest BCUT2D eigenvalue weighted by molar-refractivity contribution is 5.81. The lowest BCUT2D eigenvalue weighted by Crippen LogP contribution is -2.31. The molecule has 0 saturated carbocycles. The van der Waals surface area contributed by atoms with Crippen molar-refractivity contribution in [1.82, 2.24) is 0 Å². The molecule has 0 aromatic heterocycles. The lowest BCUT2D eigenvalue weighted by atomic mass is 9.97. The summed E-state index contributed by atoms with van der Waals surface area (Å²) >= 11 is 0. The van der Waals surface area contributed by atoms with Crippen LogP contribution in [0.2, 0.25) is 0 Å². The molecular formula is C23H47NO2. The molecule has 3 heteroatoms. The third-order valence-electron chi connectivity index (χ3n) is 4.38. The van der Waals surface area contributed by atoms with Crippen molar-refractivity contribution >= 4 is 5.97 Å². The highest BCUT2D eigenvalue weighted by Crippen LogP contribution is 2.15. The average molecular weight is 370 g/mol. The summed E-state index contributed by atoms with van der Waals surface area (Å²) in [6.07, 6.45) is 20.8. The van der Waals surface area contributed by atoms with Crippen molar-refractivity contribution in [1.29, 1.82) is 0 Å². The predicted molar refractivity (Wildman–Crippen MR) is 115 cm³/mol.